The monoisotopic (exact) mass is 577 g/mol. The molecule has 0 radical (unpaired) electrons. The number of hydrogen-bond donors (Lipinski definition) is 1. The molecular formula is C34H31N3O4S. The summed E-state index contributed by atoms with van der Waals surface area (Å²) in [6, 6.07) is 32.2. The van der Waals surface area contributed by atoms with E-state index in [0.717, 1.165) is 27.9 Å². The molecule has 1 aliphatic carbocycles. The number of nitrogens with one attached hydrogen (secondary N) is 1. The van der Waals surface area contributed by atoms with E-state index < -0.39 is 15.4 Å². The van der Waals surface area contributed by atoms with Crippen molar-refractivity contribution in [2.24, 2.45) is 0 Å². The Kier molecular flexibility index (Phi) is 7.08. The molecule has 1 aromatic heterocycles. The Balaban J connectivity index is 1.58. The lowest BCUT2D eigenvalue weighted by Crippen LogP contribution is -2.32. The second kappa shape index (κ2) is 10.9. The normalized spacial score (nSPS) is 13.8. The van der Waals surface area contributed by atoms with Crippen LogP contribution in [0.25, 0.3) is 6.08 Å². The number of allylic oxidation sites excluding steroid dienone is 1. The van der Waals surface area contributed by atoms with Gasteiger partial charge in [0.05, 0.1) is 24.8 Å². The molecule has 5 aromatic rings. The van der Waals surface area contributed by atoms with Crippen molar-refractivity contribution in [2.45, 2.75) is 23.7 Å². The highest BCUT2D eigenvalue weighted by atomic mass is 32.2. The van der Waals surface area contributed by atoms with E-state index in [9.17, 15) is 8.42 Å². The van der Waals surface area contributed by atoms with Gasteiger partial charge < -0.3 is 14.8 Å². The van der Waals surface area contributed by atoms with Gasteiger partial charge in [0.2, 0.25) is 0 Å². The quantitative estimate of drug-likeness (QED) is 0.220. The van der Waals surface area contributed by atoms with E-state index >= 15 is 0 Å². The predicted molar refractivity (Wildman–Crippen MR) is 165 cm³/mol. The molecule has 0 saturated carbocycles. The molecule has 42 heavy (non-hydrogen) atoms. The number of aryl methyl sites for hydroxylation is 1. The molecule has 0 bridgehead atoms. The molecule has 4 aromatic carbocycles. The average Bonchev–Trinajstić information content (AvgIpc) is 3.39. The molecule has 7 nitrogen and oxygen atoms in total. The summed E-state index contributed by atoms with van der Waals surface area (Å²) in [5, 5.41) is 8.04. The molecule has 0 amide bonds. The summed E-state index contributed by atoms with van der Waals surface area (Å²) in [4.78, 5) is 0.174. The standard InChI is InChI=1S/C34H31N3O4S/c1-24-15-17-30(18-16-24)42(38,39)37-32-23-34(25-9-7-13-28(21-25)40-2,26-10-8-14-29(22-26)41-3)20-19-31(32)33(36-37)35-27-11-5-4-6-12-27/h4-22H,23H2,1-3H3,(H,35,36). The first kappa shape index (κ1) is 27.4. The summed E-state index contributed by atoms with van der Waals surface area (Å²) in [5.41, 5.74) is 4.24. The van der Waals surface area contributed by atoms with E-state index in [1.54, 1.807) is 38.5 Å². The summed E-state index contributed by atoms with van der Waals surface area (Å²) in [7, 11) is -0.755. The minimum Gasteiger partial charge on any atom is -0.497 e. The van der Waals surface area contributed by atoms with Crippen LogP contribution in [-0.4, -0.2) is 31.8 Å². The number of aromatic nitrogens is 2. The zero-order valence-corrected chi connectivity index (χ0v) is 24.4. The number of nitrogens with zero attached hydrogens (tertiary/aromatic N) is 2. The number of methoxy groups -OCH3 is 2. The lowest BCUT2D eigenvalue weighted by atomic mass is 9.68. The van der Waals surface area contributed by atoms with Crippen molar-refractivity contribution in [3.05, 3.63) is 137 Å². The first-order valence-electron chi connectivity index (χ1n) is 13.6. The zero-order chi connectivity index (χ0) is 29.3. The van der Waals surface area contributed by atoms with Gasteiger partial charge in [0.1, 0.15) is 11.5 Å². The van der Waals surface area contributed by atoms with Gasteiger partial charge in [-0.1, -0.05) is 72.3 Å². The largest absolute Gasteiger partial charge is 0.497 e. The van der Waals surface area contributed by atoms with Gasteiger partial charge in [-0.25, -0.2) is 0 Å². The molecule has 1 aliphatic rings. The van der Waals surface area contributed by atoms with E-state index in [0.29, 0.717) is 29.4 Å². The van der Waals surface area contributed by atoms with Gasteiger partial charge in [0.15, 0.2) is 5.82 Å². The van der Waals surface area contributed by atoms with Crippen molar-refractivity contribution in [3.63, 3.8) is 0 Å². The fraction of sp³-hybridized carbons (Fsp3) is 0.147. The molecule has 212 valence electrons. The van der Waals surface area contributed by atoms with Crippen molar-refractivity contribution >= 4 is 27.6 Å². The molecule has 0 unspecified atom stereocenters. The summed E-state index contributed by atoms with van der Waals surface area (Å²) in [5.74, 6) is 1.88. The highest BCUT2D eigenvalue weighted by molar-refractivity contribution is 7.89. The third-order valence-corrected chi connectivity index (χ3v) is 9.35. The molecule has 0 aliphatic heterocycles. The lowest BCUT2D eigenvalue weighted by molar-refractivity contribution is 0.411. The van der Waals surface area contributed by atoms with Gasteiger partial charge in [-0.3, -0.25) is 0 Å². The van der Waals surface area contributed by atoms with Gasteiger partial charge >= 0.3 is 0 Å². The highest BCUT2D eigenvalue weighted by Gasteiger charge is 2.40. The molecule has 1 N–H and O–H groups in total. The molecule has 0 spiro atoms. The van der Waals surface area contributed by atoms with Crippen molar-refractivity contribution < 1.29 is 17.9 Å². The number of fused-ring (bicyclic) bond motifs is 1. The van der Waals surface area contributed by atoms with Crippen LogP contribution >= 0.6 is 0 Å². The van der Waals surface area contributed by atoms with Crippen LogP contribution in [-0.2, 0) is 21.9 Å². The Morgan fingerprint density at radius 1 is 0.810 bits per heavy atom. The Bertz CT molecular complexity index is 1830. The fourth-order valence-electron chi connectivity index (χ4n) is 5.46. The maximum atomic E-state index is 14.2. The summed E-state index contributed by atoms with van der Waals surface area (Å²) in [6.07, 6.45) is 4.42. The molecule has 0 saturated heterocycles. The maximum Gasteiger partial charge on any atom is 0.283 e. The fourth-order valence-corrected chi connectivity index (χ4v) is 6.78. The molecule has 8 heteroatoms. The highest BCUT2D eigenvalue weighted by Crippen LogP contribution is 2.45. The van der Waals surface area contributed by atoms with Crippen LogP contribution in [0.4, 0.5) is 11.5 Å². The smallest absolute Gasteiger partial charge is 0.283 e. The van der Waals surface area contributed by atoms with Gasteiger partial charge in [-0.2, -0.15) is 12.5 Å². The van der Waals surface area contributed by atoms with E-state index in [1.807, 2.05) is 91.9 Å². The topological polar surface area (TPSA) is 82.4 Å². The first-order valence-corrected chi connectivity index (χ1v) is 15.0. The zero-order valence-electron chi connectivity index (χ0n) is 23.6. The van der Waals surface area contributed by atoms with Gasteiger partial charge in [-0.15, -0.1) is 5.10 Å². The number of benzene rings is 4. The number of anilines is 2. The number of rotatable bonds is 8. The third-order valence-electron chi connectivity index (χ3n) is 7.72. The predicted octanol–water partition coefficient (Wildman–Crippen LogP) is 6.74. The molecule has 0 atom stereocenters. The van der Waals surface area contributed by atoms with Crippen LogP contribution in [0.5, 0.6) is 11.5 Å². The Labute approximate surface area is 246 Å². The van der Waals surface area contributed by atoms with Crippen molar-refractivity contribution in [3.8, 4) is 11.5 Å². The summed E-state index contributed by atoms with van der Waals surface area (Å²) in [6.45, 7) is 1.93. The molecule has 0 fully saturated rings. The van der Waals surface area contributed by atoms with Gasteiger partial charge in [0.25, 0.3) is 10.0 Å². The van der Waals surface area contributed by atoms with Crippen LogP contribution in [0.3, 0.4) is 0 Å². The van der Waals surface area contributed by atoms with E-state index in [-0.39, 0.29) is 4.90 Å². The minimum atomic E-state index is -4.03. The van der Waals surface area contributed by atoms with Crippen LogP contribution in [0, 0.1) is 6.92 Å². The van der Waals surface area contributed by atoms with Crippen molar-refractivity contribution in [2.75, 3.05) is 19.5 Å². The number of hydrogen-bond acceptors (Lipinski definition) is 6. The lowest BCUT2D eigenvalue weighted by Gasteiger charge is -2.35. The van der Waals surface area contributed by atoms with Crippen LogP contribution in [0.15, 0.2) is 114 Å². The minimum absolute atomic E-state index is 0.174. The summed E-state index contributed by atoms with van der Waals surface area (Å²) >= 11 is 0. The molecular weight excluding hydrogens is 546 g/mol. The van der Waals surface area contributed by atoms with Crippen LogP contribution in [0.2, 0.25) is 0 Å². The number of para-hydroxylation sites is 1. The van der Waals surface area contributed by atoms with Crippen molar-refractivity contribution in [1.29, 1.82) is 0 Å². The number of ether oxygens (including phenoxy) is 2. The van der Waals surface area contributed by atoms with Gasteiger partial charge in [0, 0.05) is 23.1 Å². The molecule has 1 heterocycles. The van der Waals surface area contributed by atoms with Gasteiger partial charge in [-0.05, 0) is 66.6 Å². The molecule has 6 rings (SSSR count). The van der Waals surface area contributed by atoms with Crippen molar-refractivity contribution in [1.82, 2.24) is 9.19 Å². The second-order valence-corrected chi connectivity index (χ2v) is 12.1. The first-order chi connectivity index (χ1) is 20.3. The average molecular weight is 578 g/mol. The second-order valence-electron chi connectivity index (χ2n) is 10.3. The van der Waals surface area contributed by atoms with Crippen LogP contribution < -0.4 is 14.8 Å². The SMILES string of the molecule is COc1cccc(C2(c3cccc(OC)c3)C=Cc3c(Nc4ccccc4)nn(S(=O)(=O)c4ccc(C)cc4)c3C2)c1. The maximum absolute atomic E-state index is 14.2. The van der Waals surface area contributed by atoms with E-state index in [1.165, 1.54) is 4.09 Å². The third kappa shape index (κ3) is 4.84. The van der Waals surface area contributed by atoms with E-state index in [2.05, 4.69) is 11.4 Å². The summed E-state index contributed by atoms with van der Waals surface area (Å²) < 4.78 is 40.7. The van der Waals surface area contributed by atoms with Crippen LogP contribution in [0.1, 0.15) is 27.9 Å². The Morgan fingerprint density at radius 2 is 1.43 bits per heavy atom. The Hall–Kier alpha value is -4.82. The van der Waals surface area contributed by atoms with E-state index in [4.69, 9.17) is 14.6 Å². The Morgan fingerprint density at radius 3 is 2.02 bits per heavy atom.